The standard InChI is InChI=1S/C13H27ClO/c1-2-13(15)11-9-7-5-3-4-6-8-10-12-14/h13,15H,2-12H2,1H3. The normalized spacial score (nSPS) is 13.0. The van der Waals surface area contributed by atoms with Crippen LogP contribution in [0.1, 0.15) is 71.1 Å². The Labute approximate surface area is 100 Å². The molecule has 0 amide bonds. The Morgan fingerprint density at radius 1 is 0.867 bits per heavy atom. The third kappa shape index (κ3) is 12.2. The third-order valence-corrected chi connectivity index (χ3v) is 3.16. The van der Waals surface area contributed by atoms with Gasteiger partial charge in [0.15, 0.2) is 0 Å². The summed E-state index contributed by atoms with van der Waals surface area (Å²) in [5, 5.41) is 9.35. The summed E-state index contributed by atoms with van der Waals surface area (Å²) >= 11 is 5.60. The van der Waals surface area contributed by atoms with Crippen LogP contribution in [0.2, 0.25) is 0 Å². The Bertz CT molecular complexity index is 117. The molecule has 1 unspecified atom stereocenters. The summed E-state index contributed by atoms with van der Waals surface area (Å²) in [6, 6.07) is 0. The summed E-state index contributed by atoms with van der Waals surface area (Å²) in [7, 11) is 0. The molecule has 0 aliphatic carbocycles. The molecule has 2 heteroatoms. The van der Waals surface area contributed by atoms with E-state index in [0.29, 0.717) is 0 Å². The molecule has 0 rings (SSSR count). The Morgan fingerprint density at radius 2 is 1.33 bits per heavy atom. The second-order valence-corrected chi connectivity index (χ2v) is 4.75. The monoisotopic (exact) mass is 234 g/mol. The highest BCUT2D eigenvalue weighted by Crippen LogP contribution is 2.11. The Hall–Kier alpha value is 0.250. The van der Waals surface area contributed by atoms with Gasteiger partial charge in [0.25, 0.3) is 0 Å². The number of rotatable bonds is 11. The van der Waals surface area contributed by atoms with E-state index in [9.17, 15) is 5.11 Å². The van der Waals surface area contributed by atoms with Crippen molar-refractivity contribution in [1.82, 2.24) is 0 Å². The van der Waals surface area contributed by atoms with Crippen LogP contribution in [0.3, 0.4) is 0 Å². The first kappa shape index (κ1) is 15.2. The van der Waals surface area contributed by atoms with Crippen LogP contribution < -0.4 is 0 Å². The first-order valence-corrected chi connectivity index (χ1v) is 7.08. The fraction of sp³-hybridized carbons (Fsp3) is 1.00. The fourth-order valence-electron chi connectivity index (χ4n) is 1.74. The van der Waals surface area contributed by atoms with Crippen molar-refractivity contribution in [2.24, 2.45) is 0 Å². The molecular weight excluding hydrogens is 208 g/mol. The van der Waals surface area contributed by atoms with Crippen LogP contribution >= 0.6 is 11.6 Å². The van der Waals surface area contributed by atoms with Crippen LogP contribution in [0.25, 0.3) is 0 Å². The third-order valence-electron chi connectivity index (χ3n) is 2.89. The molecule has 0 aromatic heterocycles. The Kier molecular flexibility index (Phi) is 12.5. The zero-order chi connectivity index (χ0) is 11.4. The van der Waals surface area contributed by atoms with Gasteiger partial charge in [-0.05, 0) is 19.3 Å². The quantitative estimate of drug-likeness (QED) is 0.412. The smallest absolute Gasteiger partial charge is 0.0537 e. The van der Waals surface area contributed by atoms with Crippen LogP contribution in [0.4, 0.5) is 0 Å². The van der Waals surface area contributed by atoms with E-state index in [-0.39, 0.29) is 6.10 Å². The van der Waals surface area contributed by atoms with Gasteiger partial charge in [-0.2, -0.15) is 0 Å². The number of aliphatic hydroxyl groups is 1. The predicted molar refractivity (Wildman–Crippen MR) is 68.6 cm³/mol. The van der Waals surface area contributed by atoms with Crippen LogP contribution in [0, 0.1) is 0 Å². The number of unbranched alkanes of at least 4 members (excludes halogenated alkanes) is 7. The fourth-order valence-corrected chi connectivity index (χ4v) is 1.93. The minimum Gasteiger partial charge on any atom is -0.393 e. The number of alkyl halides is 1. The van der Waals surface area contributed by atoms with Gasteiger partial charge in [0.05, 0.1) is 6.10 Å². The summed E-state index contributed by atoms with van der Waals surface area (Å²) in [5.41, 5.74) is 0. The van der Waals surface area contributed by atoms with Gasteiger partial charge in [-0.1, -0.05) is 51.9 Å². The lowest BCUT2D eigenvalue weighted by Gasteiger charge is -2.06. The molecule has 15 heavy (non-hydrogen) atoms. The van der Waals surface area contributed by atoms with Crippen molar-refractivity contribution in [2.75, 3.05) is 5.88 Å². The van der Waals surface area contributed by atoms with Crippen molar-refractivity contribution < 1.29 is 5.11 Å². The summed E-state index contributed by atoms with van der Waals surface area (Å²) < 4.78 is 0. The van der Waals surface area contributed by atoms with Crippen molar-refractivity contribution in [2.45, 2.75) is 77.2 Å². The maximum Gasteiger partial charge on any atom is 0.0537 e. The minimum atomic E-state index is -0.0614. The lowest BCUT2D eigenvalue weighted by molar-refractivity contribution is 0.156. The molecule has 92 valence electrons. The molecule has 0 bridgehead atoms. The molecule has 0 spiro atoms. The van der Waals surface area contributed by atoms with Crippen molar-refractivity contribution in [3.8, 4) is 0 Å². The van der Waals surface area contributed by atoms with Gasteiger partial charge in [0.1, 0.15) is 0 Å². The van der Waals surface area contributed by atoms with Crippen molar-refractivity contribution >= 4 is 11.6 Å². The molecule has 0 fully saturated rings. The average molecular weight is 235 g/mol. The largest absolute Gasteiger partial charge is 0.393 e. The SMILES string of the molecule is CCC(O)CCCCCCCCCCCl. The summed E-state index contributed by atoms with van der Waals surface area (Å²) in [6.07, 6.45) is 12.1. The van der Waals surface area contributed by atoms with Crippen LogP contribution in [-0.2, 0) is 0 Å². The first-order chi connectivity index (χ1) is 7.31. The van der Waals surface area contributed by atoms with E-state index in [1.54, 1.807) is 0 Å². The highest BCUT2D eigenvalue weighted by Gasteiger charge is 1.99. The summed E-state index contributed by atoms with van der Waals surface area (Å²) in [4.78, 5) is 0. The maximum atomic E-state index is 9.35. The molecule has 0 aromatic rings. The molecule has 0 aromatic carbocycles. The molecule has 0 saturated heterocycles. The molecule has 0 heterocycles. The van der Waals surface area contributed by atoms with E-state index in [0.717, 1.165) is 18.7 Å². The molecule has 1 atom stereocenters. The van der Waals surface area contributed by atoms with Crippen LogP contribution in [-0.4, -0.2) is 17.1 Å². The summed E-state index contributed by atoms with van der Waals surface area (Å²) in [6.45, 7) is 2.04. The number of hydrogen-bond donors (Lipinski definition) is 1. The molecule has 0 saturated carbocycles. The van der Waals surface area contributed by atoms with Gasteiger partial charge in [0.2, 0.25) is 0 Å². The number of aliphatic hydroxyl groups excluding tert-OH is 1. The molecule has 0 radical (unpaired) electrons. The zero-order valence-electron chi connectivity index (χ0n) is 10.2. The Balaban J connectivity index is 2.92. The predicted octanol–water partition coefficient (Wildman–Crippen LogP) is 4.51. The highest BCUT2D eigenvalue weighted by molar-refractivity contribution is 6.17. The van der Waals surface area contributed by atoms with Gasteiger partial charge in [-0.15, -0.1) is 11.6 Å². The van der Waals surface area contributed by atoms with Gasteiger partial charge >= 0.3 is 0 Å². The zero-order valence-corrected chi connectivity index (χ0v) is 10.9. The second-order valence-electron chi connectivity index (χ2n) is 4.37. The van der Waals surface area contributed by atoms with Gasteiger partial charge in [-0.25, -0.2) is 0 Å². The summed E-state index contributed by atoms with van der Waals surface area (Å²) in [5.74, 6) is 0.814. The van der Waals surface area contributed by atoms with Crippen molar-refractivity contribution in [1.29, 1.82) is 0 Å². The van der Waals surface area contributed by atoms with E-state index in [2.05, 4.69) is 0 Å². The van der Waals surface area contributed by atoms with E-state index in [4.69, 9.17) is 11.6 Å². The highest BCUT2D eigenvalue weighted by atomic mass is 35.5. The van der Waals surface area contributed by atoms with E-state index >= 15 is 0 Å². The molecule has 1 N–H and O–H groups in total. The van der Waals surface area contributed by atoms with Crippen LogP contribution in [0.5, 0.6) is 0 Å². The van der Waals surface area contributed by atoms with Crippen molar-refractivity contribution in [3.05, 3.63) is 0 Å². The van der Waals surface area contributed by atoms with E-state index in [1.807, 2.05) is 6.92 Å². The lowest BCUT2D eigenvalue weighted by atomic mass is 10.0. The molecule has 0 aliphatic heterocycles. The van der Waals surface area contributed by atoms with E-state index < -0.39 is 0 Å². The van der Waals surface area contributed by atoms with Crippen molar-refractivity contribution in [3.63, 3.8) is 0 Å². The number of hydrogen-bond acceptors (Lipinski definition) is 1. The Morgan fingerprint density at radius 3 is 1.80 bits per heavy atom. The second kappa shape index (κ2) is 12.3. The van der Waals surface area contributed by atoms with Crippen LogP contribution in [0.15, 0.2) is 0 Å². The van der Waals surface area contributed by atoms with Gasteiger partial charge < -0.3 is 5.11 Å². The molecule has 1 nitrogen and oxygen atoms in total. The molecular formula is C13H27ClO. The number of halogens is 1. The topological polar surface area (TPSA) is 20.2 Å². The first-order valence-electron chi connectivity index (χ1n) is 6.55. The van der Waals surface area contributed by atoms with E-state index in [1.165, 1.54) is 51.4 Å². The van der Waals surface area contributed by atoms with Gasteiger partial charge in [-0.3, -0.25) is 0 Å². The minimum absolute atomic E-state index is 0.0614. The molecule has 0 aliphatic rings. The maximum absolute atomic E-state index is 9.35. The average Bonchev–Trinajstić information content (AvgIpc) is 2.26. The van der Waals surface area contributed by atoms with Gasteiger partial charge in [0, 0.05) is 5.88 Å². The lowest BCUT2D eigenvalue weighted by Crippen LogP contribution is -2.03.